The molecule has 1 rings (SSSR count). The van der Waals surface area contributed by atoms with Crippen molar-refractivity contribution in [1.82, 2.24) is 0 Å². The molecule has 0 saturated heterocycles. The summed E-state index contributed by atoms with van der Waals surface area (Å²) in [6.45, 7) is 0.796. The van der Waals surface area contributed by atoms with Crippen molar-refractivity contribution in [3.05, 3.63) is 34.3 Å². The van der Waals surface area contributed by atoms with Crippen molar-refractivity contribution >= 4 is 27.7 Å². The van der Waals surface area contributed by atoms with Crippen molar-refractivity contribution in [1.29, 1.82) is 0 Å². The van der Waals surface area contributed by atoms with E-state index in [2.05, 4.69) is 46.5 Å². The zero-order chi connectivity index (χ0) is 11.8. The average molecular weight is 302 g/mol. The van der Waals surface area contributed by atoms with Gasteiger partial charge in [-0.15, -0.1) is 0 Å². The minimum atomic E-state index is 0.633. The molecule has 2 N–H and O–H groups in total. The van der Waals surface area contributed by atoms with Gasteiger partial charge in [-0.2, -0.15) is 11.8 Å². The Hall–Kier alpha value is 0.01000. The number of rotatable bonds is 7. The Kier molecular flexibility index (Phi) is 7.17. The average Bonchev–Trinajstić information content (AvgIpc) is 2.31. The third-order valence-electron chi connectivity index (χ3n) is 2.73. The number of nitrogens with two attached hydrogens (primary N) is 1. The van der Waals surface area contributed by atoms with Crippen LogP contribution in [-0.4, -0.2) is 18.6 Å². The Morgan fingerprint density at radius 2 is 2.00 bits per heavy atom. The van der Waals surface area contributed by atoms with E-state index in [1.807, 2.05) is 11.8 Å². The first-order valence-electron chi connectivity index (χ1n) is 5.69. The predicted molar refractivity (Wildman–Crippen MR) is 78.0 cm³/mol. The molecule has 1 nitrogen and oxygen atoms in total. The highest BCUT2D eigenvalue weighted by Crippen LogP contribution is 2.17. The molecule has 1 aromatic carbocycles. The SMILES string of the molecule is CSCCCC(CN)Cc1ccc(Br)cc1. The van der Waals surface area contributed by atoms with Crippen LogP contribution in [-0.2, 0) is 6.42 Å². The Labute approximate surface area is 111 Å². The van der Waals surface area contributed by atoms with Crippen molar-refractivity contribution in [2.75, 3.05) is 18.6 Å². The van der Waals surface area contributed by atoms with Crippen molar-refractivity contribution < 1.29 is 0 Å². The van der Waals surface area contributed by atoms with Gasteiger partial charge in [0.2, 0.25) is 0 Å². The number of hydrogen-bond donors (Lipinski definition) is 1. The van der Waals surface area contributed by atoms with Gasteiger partial charge in [0.1, 0.15) is 0 Å². The monoisotopic (exact) mass is 301 g/mol. The quantitative estimate of drug-likeness (QED) is 0.777. The largest absolute Gasteiger partial charge is 0.330 e. The number of halogens is 1. The van der Waals surface area contributed by atoms with Crippen LogP contribution in [0.4, 0.5) is 0 Å². The van der Waals surface area contributed by atoms with Gasteiger partial charge in [-0.3, -0.25) is 0 Å². The first-order valence-corrected chi connectivity index (χ1v) is 7.88. The number of thioether (sulfide) groups is 1. The molecule has 1 atom stereocenters. The molecule has 90 valence electrons. The fourth-order valence-electron chi connectivity index (χ4n) is 1.77. The van der Waals surface area contributed by atoms with Gasteiger partial charge in [0.05, 0.1) is 0 Å². The molecule has 1 aromatic rings. The van der Waals surface area contributed by atoms with E-state index >= 15 is 0 Å². The summed E-state index contributed by atoms with van der Waals surface area (Å²) in [7, 11) is 0. The Morgan fingerprint density at radius 3 is 2.56 bits per heavy atom. The normalized spacial score (nSPS) is 12.7. The molecule has 3 heteroatoms. The second kappa shape index (κ2) is 8.15. The van der Waals surface area contributed by atoms with E-state index in [9.17, 15) is 0 Å². The Bertz CT molecular complexity index is 286. The molecule has 0 saturated carbocycles. The predicted octanol–water partition coefficient (Wildman–Crippen LogP) is 3.71. The molecule has 0 bridgehead atoms. The lowest BCUT2D eigenvalue weighted by molar-refractivity contribution is 0.489. The first-order chi connectivity index (χ1) is 7.76. The van der Waals surface area contributed by atoms with E-state index in [4.69, 9.17) is 5.73 Å². The fraction of sp³-hybridized carbons (Fsp3) is 0.538. The highest BCUT2D eigenvalue weighted by Gasteiger charge is 2.07. The molecule has 0 amide bonds. The van der Waals surface area contributed by atoms with Crippen LogP contribution in [0, 0.1) is 5.92 Å². The topological polar surface area (TPSA) is 26.0 Å². The summed E-state index contributed by atoms with van der Waals surface area (Å²) in [5, 5.41) is 0. The Morgan fingerprint density at radius 1 is 1.31 bits per heavy atom. The van der Waals surface area contributed by atoms with Gasteiger partial charge < -0.3 is 5.73 Å². The summed E-state index contributed by atoms with van der Waals surface area (Å²) < 4.78 is 1.14. The highest BCUT2D eigenvalue weighted by molar-refractivity contribution is 9.10. The molecular formula is C13H20BrNS. The van der Waals surface area contributed by atoms with Gasteiger partial charge in [-0.05, 0) is 61.4 Å². The van der Waals surface area contributed by atoms with E-state index in [1.54, 1.807) is 0 Å². The van der Waals surface area contributed by atoms with E-state index in [-0.39, 0.29) is 0 Å². The van der Waals surface area contributed by atoms with E-state index in [1.165, 1.54) is 24.2 Å². The van der Waals surface area contributed by atoms with Crippen molar-refractivity contribution in [3.8, 4) is 0 Å². The van der Waals surface area contributed by atoms with Crippen LogP contribution in [0.1, 0.15) is 18.4 Å². The molecule has 0 aliphatic carbocycles. The van der Waals surface area contributed by atoms with Crippen molar-refractivity contribution in [2.24, 2.45) is 11.7 Å². The molecule has 0 fully saturated rings. The molecule has 0 spiro atoms. The van der Waals surface area contributed by atoms with E-state index < -0.39 is 0 Å². The van der Waals surface area contributed by atoms with Crippen LogP contribution in [0.25, 0.3) is 0 Å². The molecule has 0 aliphatic heterocycles. The zero-order valence-corrected chi connectivity index (χ0v) is 12.2. The number of hydrogen-bond acceptors (Lipinski definition) is 2. The van der Waals surface area contributed by atoms with Crippen molar-refractivity contribution in [3.63, 3.8) is 0 Å². The highest BCUT2D eigenvalue weighted by atomic mass is 79.9. The van der Waals surface area contributed by atoms with E-state index in [0.29, 0.717) is 5.92 Å². The maximum atomic E-state index is 5.82. The lowest BCUT2D eigenvalue weighted by Crippen LogP contribution is -2.17. The smallest absolute Gasteiger partial charge is 0.0175 e. The molecule has 16 heavy (non-hydrogen) atoms. The van der Waals surface area contributed by atoms with Crippen LogP contribution in [0.3, 0.4) is 0 Å². The standard InChI is InChI=1S/C13H20BrNS/c1-16-8-2-3-12(10-15)9-11-4-6-13(14)7-5-11/h4-7,12H,2-3,8-10,15H2,1H3. The molecule has 1 unspecified atom stereocenters. The summed E-state index contributed by atoms with van der Waals surface area (Å²) in [4.78, 5) is 0. The summed E-state index contributed by atoms with van der Waals surface area (Å²) in [6.07, 6.45) is 5.79. The molecule has 0 aliphatic rings. The van der Waals surface area contributed by atoms with Gasteiger partial charge in [-0.25, -0.2) is 0 Å². The minimum absolute atomic E-state index is 0.633. The minimum Gasteiger partial charge on any atom is -0.330 e. The maximum Gasteiger partial charge on any atom is 0.0175 e. The van der Waals surface area contributed by atoms with Crippen LogP contribution < -0.4 is 5.73 Å². The zero-order valence-electron chi connectivity index (χ0n) is 9.79. The van der Waals surface area contributed by atoms with Crippen LogP contribution >= 0.6 is 27.7 Å². The second-order valence-electron chi connectivity index (χ2n) is 4.07. The Balaban J connectivity index is 2.40. The maximum absolute atomic E-state index is 5.82. The number of benzene rings is 1. The van der Waals surface area contributed by atoms with Gasteiger partial charge in [0.25, 0.3) is 0 Å². The van der Waals surface area contributed by atoms with Gasteiger partial charge >= 0.3 is 0 Å². The summed E-state index contributed by atoms with van der Waals surface area (Å²) >= 11 is 5.37. The molecule has 0 heterocycles. The second-order valence-corrected chi connectivity index (χ2v) is 5.97. The summed E-state index contributed by atoms with van der Waals surface area (Å²) in [6, 6.07) is 8.57. The van der Waals surface area contributed by atoms with Crippen molar-refractivity contribution in [2.45, 2.75) is 19.3 Å². The lowest BCUT2D eigenvalue weighted by Gasteiger charge is -2.14. The van der Waals surface area contributed by atoms with Crippen LogP contribution in [0.2, 0.25) is 0 Å². The van der Waals surface area contributed by atoms with E-state index in [0.717, 1.165) is 17.4 Å². The summed E-state index contributed by atoms with van der Waals surface area (Å²) in [5.41, 5.74) is 7.21. The van der Waals surface area contributed by atoms with Gasteiger partial charge in [0, 0.05) is 4.47 Å². The van der Waals surface area contributed by atoms with Gasteiger partial charge in [0.15, 0.2) is 0 Å². The van der Waals surface area contributed by atoms with Crippen LogP contribution in [0.5, 0.6) is 0 Å². The molecule has 0 radical (unpaired) electrons. The molecular weight excluding hydrogens is 282 g/mol. The molecule has 0 aromatic heterocycles. The van der Waals surface area contributed by atoms with Crippen LogP contribution in [0.15, 0.2) is 28.7 Å². The fourth-order valence-corrected chi connectivity index (χ4v) is 2.49. The first kappa shape index (κ1) is 14.1. The third-order valence-corrected chi connectivity index (χ3v) is 3.96. The summed E-state index contributed by atoms with van der Waals surface area (Å²) in [5.74, 6) is 1.88. The third kappa shape index (κ3) is 5.37. The lowest BCUT2D eigenvalue weighted by atomic mass is 9.95. The van der Waals surface area contributed by atoms with Gasteiger partial charge in [-0.1, -0.05) is 28.1 Å².